The van der Waals surface area contributed by atoms with Gasteiger partial charge in [0.15, 0.2) is 17.3 Å². The molecule has 0 atom stereocenters. The maximum absolute atomic E-state index is 13.6. The van der Waals surface area contributed by atoms with Gasteiger partial charge in [0.05, 0.1) is 12.3 Å². The molecule has 2 rings (SSSR count). The van der Waals surface area contributed by atoms with E-state index in [0.29, 0.717) is 17.9 Å². The summed E-state index contributed by atoms with van der Waals surface area (Å²) >= 11 is 0. The van der Waals surface area contributed by atoms with Crippen molar-refractivity contribution in [2.45, 2.75) is 6.92 Å². The molecule has 0 aliphatic carbocycles. The number of nitrogens with zero attached hydrogens (tertiary/aromatic N) is 2. The van der Waals surface area contributed by atoms with Crippen LogP contribution in [0.25, 0.3) is 11.3 Å². The van der Waals surface area contributed by atoms with Crippen molar-refractivity contribution < 1.29 is 9.13 Å². The molecule has 0 saturated carbocycles. The number of nitrogens with one attached hydrogen (secondary N) is 1. The second kappa shape index (κ2) is 4.66. The zero-order valence-electron chi connectivity index (χ0n) is 9.20. The lowest BCUT2D eigenvalue weighted by Gasteiger charge is -2.05. The topological polar surface area (TPSA) is 61.7 Å². The first-order valence-electron chi connectivity index (χ1n) is 5.13. The molecule has 17 heavy (non-hydrogen) atoms. The Balaban J connectivity index is 2.34. The molecule has 0 aliphatic heterocycles. The number of hydrogen-bond donors (Lipinski definition) is 1. The summed E-state index contributed by atoms with van der Waals surface area (Å²) in [6.07, 6.45) is 0. The first-order valence-corrected chi connectivity index (χ1v) is 5.13. The largest absolute Gasteiger partial charge is 0.491 e. The lowest BCUT2D eigenvalue weighted by molar-refractivity contribution is 0.321. The summed E-state index contributed by atoms with van der Waals surface area (Å²) in [7, 11) is 0. The van der Waals surface area contributed by atoms with E-state index in [0.717, 1.165) is 0 Å². The third-order valence-corrected chi connectivity index (χ3v) is 2.24. The Hall–Kier alpha value is -2.35. The van der Waals surface area contributed by atoms with Crippen LogP contribution in [-0.2, 0) is 0 Å². The van der Waals surface area contributed by atoms with E-state index >= 15 is 0 Å². The minimum Gasteiger partial charge on any atom is -0.491 e. The molecule has 0 spiro atoms. The number of H-pyrrole nitrogens is 1. The van der Waals surface area contributed by atoms with Crippen molar-refractivity contribution in [2.24, 2.45) is 0 Å². The molecule has 0 radical (unpaired) electrons. The highest BCUT2D eigenvalue weighted by Gasteiger charge is 2.08. The molecule has 0 amide bonds. The maximum atomic E-state index is 13.6. The molecule has 1 aromatic heterocycles. The number of ether oxygens (including phenoxy) is 1. The average molecular weight is 231 g/mol. The smallest absolute Gasteiger partial charge is 0.165 e. The molecule has 86 valence electrons. The zero-order valence-corrected chi connectivity index (χ0v) is 9.20. The summed E-state index contributed by atoms with van der Waals surface area (Å²) in [6, 6.07) is 8.08. The predicted molar refractivity (Wildman–Crippen MR) is 59.9 cm³/mol. The van der Waals surface area contributed by atoms with Crippen molar-refractivity contribution in [1.82, 2.24) is 10.2 Å². The van der Waals surface area contributed by atoms with E-state index in [1.807, 2.05) is 6.07 Å². The number of aromatic nitrogens is 2. The quantitative estimate of drug-likeness (QED) is 0.882. The molecule has 0 unspecified atom stereocenters. The molecule has 0 bridgehead atoms. The molecule has 1 heterocycles. The summed E-state index contributed by atoms with van der Waals surface area (Å²) in [6.45, 7) is 2.21. The standard InChI is InChI=1S/C12H10FN3O/c1-2-17-12-4-3-8(5-10(12)13)11-6-9(7-14)15-16-11/h3-6H,2H2,1H3,(H,15,16). The Morgan fingerprint density at radius 1 is 1.47 bits per heavy atom. The summed E-state index contributed by atoms with van der Waals surface area (Å²) < 4.78 is 18.7. The van der Waals surface area contributed by atoms with Gasteiger partial charge in [0.25, 0.3) is 0 Å². The lowest BCUT2D eigenvalue weighted by Crippen LogP contribution is -1.94. The molecule has 0 saturated heterocycles. The summed E-state index contributed by atoms with van der Waals surface area (Å²) in [4.78, 5) is 0. The number of benzene rings is 1. The average Bonchev–Trinajstić information content (AvgIpc) is 2.80. The monoisotopic (exact) mass is 231 g/mol. The van der Waals surface area contributed by atoms with E-state index in [2.05, 4.69) is 10.2 Å². The molecular weight excluding hydrogens is 221 g/mol. The van der Waals surface area contributed by atoms with Gasteiger partial charge in [-0.1, -0.05) is 0 Å². The van der Waals surface area contributed by atoms with E-state index in [1.165, 1.54) is 6.07 Å². The second-order valence-corrected chi connectivity index (χ2v) is 3.36. The number of nitriles is 1. The molecule has 0 fully saturated rings. The van der Waals surface area contributed by atoms with Crippen molar-refractivity contribution in [3.63, 3.8) is 0 Å². The third kappa shape index (κ3) is 2.26. The van der Waals surface area contributed by atoms with Gasteiger partial charge in [0.1, 0.15) is 6.07 Å². The molecule has 0 aliphatic rings. The van der Waals surface area contributed by atoms with Crippen LogP contribution in [0.3, 0.4) is 0 Å². The van der Waals surface area contributed by atoms with Crippen LogP contribution < -0.4 is 4.74 Å². The number of aromatic amines is 1. The number of rotatable bonds is 3. The first kappa shape index (κ1) is 11.1. The fourth-order valence-electron chi connectivity index (χ4n) is 1.47. The van der Waals surface area contributed by atoms with E-state index < -0.39 is 5.82 Å². The minimum absolute atomic E-state index is 0.219. The van der Waals surface area contributed by atoms with Crippen molar-refractivity contribution in [2.75, 3.05) is 6.61 Å². The van der Waals surface area contributed by atoms with Crippen molar-refractivity contribution in [3.8, 4) is 23.1 Å². The SMILES string of the molecule is CCOc1ccc(-c2cc(C#N)n[nH]2)cc1F. The lowest BCUT2D eigenvalue weighted by atomic mass is 10.1. The van der Waals surface area contributed by atoms with Gasteiger partial charge >= 0.3 is 0 Å². The van der Waals surface area contributed by atoms with E-state index in [4.69, 9.17) is 10.00 Å². The van der Waals surface area contributed by atoms with Gasteiger partial charge in [-0.05, 0) is 25.1 Å². The van der Waals surface area contributed by atoms with Gasteiger partial charge in [-0.3, -0.25) is 5.10 Å². The summed E-state index contributed by atoms with van der Waals surface area (Å²) in [5.74, 6) is -0.214. The number of hydrogen-bond acceptors (Lipinski definition) is 3. The van der Waals surface area contributed by atoms with Gasteiger partial charge in [-0.2, -0.15) is 10.4 Å². The van der Waals surface area contributed by atoms with Crippen LogP contribution in [0.15, 0.2) is 24.3 Å². The minimum atomic E-state index is -0.433. The van der Waals surface area contributed by atoms with Crippen LogP contribution in [0.4, 0.5) is 4.39 Å². The van der Waals surface area contributed by atoms with Gasteiger partial charge in [0, 0.05) is 11.6 Å². The maximum Gasteiger partial charge on any atom is 0.165 e. The molecule has 5 heteroatoms. The predicted octanol–water partition coefficient (Wildman–Crippen LogP) is 2.49. The van der Waals surface area contributed by atoms with Crippen molar-refractivity contribution in [1.29, 1.82) is 5.26 Å². The normalized spacial score (nSPS) is 9.94. The second-order valence-electron chi connectivity index (χ2n) is 3.36. The Morgan fingerprint density at radius 3 is 2.88 bits per heavy atom. The van der Waals surface area contributed by atoms with E-state index in [9.17, 15) is 4.39 Å². The van der Waals surface area contributed by atoms with Crippen LogP contribution in [0.1, 0.15) is 12.6 Å². The summed E-state index contributed by atoms with van der Waals surface area (Å²) in [5, 5.41) is 15.1. The van der Waals surface area contributed by atoms with Crippen LogP contribution in [0.5, 0.6) is 5.75 Å². The molecule has 1 N–H and O–H groups in total. The van der Waals surface area contributed by atoms with Gasteiger partial charge in [-0.25, -0.2) is 4.39 Å². The van der Waals surface area contributed by atoms with E-state index in [-0.39, 0.29) is 11.4 Å². The molecule has 1 aromatic carbocycles. The van der Waals surface area contributed by atoms with Crippen LogP contribution in [0.2, 0.25) is 0 Å². The zero-order chi connectivity index (χ0) is 12.3. The van der Waals surface area contributed by atoms with Crippen LogP contribution in [-0.4, -0.2) is 16.8 Å². The van der Waals surface area contributed by atoms with Gasteiger partial charge in [0.2, 0.25) is 0 Å². The highest BCUT2D eigenvalue weighted by Crippen LogP contribution is 2.24. The number of halogens is 1. The first-order chi connectivity index (χ1) is 8.24. The fraction of sp³-hybridized carbons (Fsp3) is 0.167. The highest BCUT2D eigenvalue weighted by atomic mass is 19.1. The highest BCUT2D eigenvalue weighted by molar-refractivity contribution is 5.61. The van der Waals surface area contributed by atoms with Crippen LogP contribution in [0, 0.1) is 17.1 Å². The molecular formula is C12H10FN3O. The van der Waals surface area contributed by atoms with Gasteiger partial charge in [-0.15, -0.1) is 0 Å². The summed E-state index contributed by atoms with van der Waals surface area (Å²) in [5.41, 5.74) is 1.50. The van der Waals surface area contributed by atoms with Crippen molar-refractivity contribution >= 4 is 0 Å². The van der Waals surface area contributed by atoms with E-state index in [1.54, 1.807) is 25.1 Å². The Bertz CT molecular complexity index is 571. The molecule has 2 aromatic rings. The van der Waals surface area contributed by atoms with Gasteiger partial charge < -0.3 is 4.74 Å². The Labute approximate surface area is 97.7 Å². The Morgan fingerprint density at radius 2 is 2.29 bits per heavy atom. The Kier molecular flexibility index (Phi) is 3.06. The van der Waals surface area contributed by atoms with Crippen molar-refractivity contribution in [3.05, 3.63) is 35.8 Å². The van der Waals surface area contributed by atoms with Crippen LogP contribution >= 0.6 is 0 Å². The third-order valence-electron chi connectivity index (χ3n) is 2.24. The fourth-order valence-corrected chi connectivity index (χ4v) is 1.47. The molecule has 4 nitrogen and oxygen atoms in total.